The number of hydrogen-bond donors (Lipinski definition) is 0. The average molecular weight is 339 g/mol. The number of fused-ring (bicyclic) bond motifs is 1. The van der Waals surface area contributed by atoms with Crippen LogP contribution in [0.15, 0.2) is 65.5 Å². The minimum atomic E-state index is -0.445. The van der Waals surface area contributed by atoms with Crippen molar-refractivity contribution in [3.05, 3.63) is 76.6 Å². The van der Waals surface area contributed by atoms with Crippen molar-refractivity contribution in [2.45, 2.75) is 6.54 Å². The van der Waals surface area contributed by atoms with E-state index in [-0.39, 0.29) is 5.56 Å². The number of aromatic nitrogens is 1. The summed E-state index contributed by atoms with van der Waals surface area (Å²) in [5.74, 6) is 0. The van der Waals surface area contributed by atoms with Gasteiger partial charge >= 0.3 is 128 Å². The second kappa shape index (κ2) is 5.97. The molecule has 1 heterocycles. The molecule has 0 aliphatic rings. The Balaban J connectivity index is 2.22. The van der Waals surface area contributed by atoms with E-state index in [0.717, 1.165) is 16.5 Å². The van der Waals surface area contributed by atoms with E-state index in [4.69, 9.17) is 5.26 Å². The zero-order valence-corrected chi connectivity index (χ0v) is 12.9. The number of pyridine rings is 1. The molecule has 1 aromatic heterocycles. The first-order valence-electron chi connectivity index (χ1n) is 6.52. The Morgan fingerprint density at radius 2 is 1.76 bits per heavy atom. The monoisotopic (exact) mass is 340 g/mol. The standard InChI is InChI=1S/C17H12N2OSe/c18-12-21-16-10-14-8-4-5-9-15(14)19(17(16)20)11-13-6-2-1-3-7-13/h1-10H,11H2. The fourth-order valence-electron chi connectivity index (χ4n) is 2.35. The van der Waals surface area contributed by atoms with Crippen molar-refractivity contribution in [3.63, 3.8) is 0 Å². The zero-order valence-electron chi connectivity index (χ0n) is 11.2. The number of para-hydroxylation sites is 1. The van der Waals surface area contributed by atoms with Crippen LogP contribution >= 0.6 is 0 Å². The van der Waals surface area contributed by atoms with Crippen LogP contribution in [0.25, 0.3) is 10.9 Å². The Morgan fingerprint density at radius 3 is 2.52 bits per heavy atom. The van der Waals surface area contributed by atoms with Crippen molar-refractivity contribution in [3.8, 4) is 4.97 Å². The Bertz CT molecular complexity index is 879. The van der Waals surface area contributed by atoms with Crippen LogP contribution in [-0.2, 0) is 6.54 Å². The summed E-state index contributed by atoms with van der Waals surface area (Å²) in [6.07, 6.45) is 0. The van der Waals surface area contributed by atoms with Gasteiger partial charge in [-0.3, -0.25) is 0 Å². The topological polar surface area (TPSA) is 45.8 Å². The molecule has 2 aromatic carbocycles. The normalized spacial score (nSPS) is 10.4. The molecule has 0 saturated heterocycles. The molecule has 0 saturated carbocycles. The van der Waals surface area contributed by atoms with Crippen molar-refractivity contribution >= 4 is 30.3 Å². The molecular weight excluding hydrogens is 327 g/mol. The van der Waals surface area contributed by atoms with Gasteiger partial charge in [0.25, 0.3) is 0 Å². The zero-order chi connectivity index (χ0) is 14.7. The third-order valence-corrected chi connectivity index (χ3v) is 4.58. The quantitative estimate of drug-likeness (QED) is 0.684. The Morgan fingerprint density at radius 1 is 1.05 bits per heavy atom. The molecule has 3 aromatic rings. The van der Waals surface area contributed by atoms with Crippen LogP contribution in [0.2, 0.25) is 0 Å². The van der Waals surface area contributed by atoms with E-state index in [1.807, 2.05) is 60.7 Å². The van der Waals surface area contributed by atoms with Crippen LogP contribution in [0.4, 0.5) is 0 Å². The van der Waals surface area contributed by atoms with E-state index in [0.29, 0.717) is 11.0 Å². The third-order valence-electron chi connectivity index (χ3n) is 3.31. The van der Waals surface area contributed by atoms with E-state index in [1.54, 1.807) is 4.57 Å². The van der Waals surface area contributed by atoms with Crippen LogP contribution in [0.1, 0.15) is 5.56 Å². The van der Waals surface area contributed by atoms with Gasteiger partial charge in [0.05, 0.1) is 0 Å². The van der Waals surface area contributed by atoms with Gasteiger partial charge in [0.2, 0.25) is 0 Å². The Labute approximate surface area is 128 Å². The number of nitrogens with zero attached hydrogens (tertiary/aromatic N) is 2. The molecule has 0 amide bonds. The van der Waals surface area contributed by atoms with Crippen molar-refractivity contribution < 1.29 is 0 Å². The summed E-state index contributed by atoms with van der Waals surface area (Å²) < 4.78 is 2.37. The molecule has 102 valence electrons. The molecule has 0 atom stereocenters. The number of benzene rings is 2. The fraction of sp³-hybridized carbons (Fsp3) is 0.0588. The van der Waals surface area contributed by atoms with E-state index in [1.165, 1.54) is 0 Å². The number of rotatable bonds is 3. The molecule has 0 spiro atoms. The molecule has 3 rings (SSSR count). The SMILES string of the molecule is N#C[Se]c1cc2ccccc2n(Cc2ccccc2)c1=O. The predicted molar refractivity (Wildman–Crippen MR) is 84.8 cm³/mol. The van der Waals surface area contributed by atoms with Gasteiger partial charge in [-0.05, 0) is 0 Å². The first-order valence-corrected chi connectivity index (χ1v) is 8.23. The molecule has 0 fully saturated rings. The molecular formula is C17H12N2OSe. The van der Waals surface area contributed by atoms with Crippen molar-refractivity contribution in [2.24, 2.45) is 0 Å². The fourth-order valence-corrected chi connectivity index (χ4v) is 3.36. The summed E-state index contributed by atoms with van der Waals surface area (Å²) in [5, 5.41) is 9.93. The molecule has 3 nitrogen and oxygen atoms in total. The maximum atomic E-state index is 12.6. The second-order valence-corrected chi connectivity index (χ2v) is 6.37. The molecule has 0 aliphatic carbocycles. The van der Waals surface area contributed by atoms with Gasteiger partial charge in [0, 0.05) is 0 Å². The summed E-state index contributed by atoms with van der Waals surface area (Å²) in [6.45, 7) is 0.523. The van der Waals surface area contributed by atoms with Crippen LogP contribution in [0.5, 0.6) is 0 Å². The molecule has 4 heteroatoms. The van der Waals surface area contributed by atoms with E-state index in [2.05, 4.69) is 4.97 Å². The molecule has 0 unspecified atom stereocenters. The van der Waals surface area contributed by atoms with Crippen LogP contribution in [0, 0.1) is 10.2 Å². The molecule has 0 N–H and O–H groups in total. The van der Waals surface area contributed by atoms with Crippen LogP contribution < -0.4 is 10.0 Å². The Hall–Kier alpha value is -2.34. The molecule has 0 radical (unpaired) electrons. The van der Waals surface area contributed by atoms with Crippen LogP contribution in [-0.4, -0.2) is 19.5 Å². The summed E-state index contributed by atoms with van der Waals surface area (Å²) >= 11 is -0.445. The van der Waals surface area contributed by atoms with E-state index >= 15 is 0 Å². The van der Waals surface area contributed by atoms with E-state index < -0.39 is 15.0 Å². The van der Waals surface area contributed by atoms with Gasteiger partial charge in [0.15, 0.2) is 0 Å². The van der Waals surface area contributed by atoms with Gasteiger partial charge in [-0.15, -0.1) is 0 Å². The van der Waals surface area contributed by atoms with Gasteiger partial charge in [-0.2, -0.15) is 0 Å². The van der Waals surface area contributed by atoms with Gasteiger partial charge in [-0.25, -0.2) is 0 Å². The first kappa shape index (κ1) is 13.6. The molecule has 21 heavy (non-hydrogen) atoms. The number of nitriles is 1. The van der Waals surface area contributed by atoms with Crippen molar-refractivity contribution in [2.75, 3.05) is 0 Å². The summed E-state index contributed by atoms with van der Waals surface area (Å²) in [5.41, 5.74) is 1.93. The van der Waals surface area contributed by atoms with Gasteiger partial charge in [-0.1, -0.05) is 0 Å². The summed E-state index contributed by atoms with van der Waals surface area (Å²) in [4.78, 5) is 14.7. The summed E-state index contributed by atoms with van der Waals surface area (Å²) in [7, 11) is 0. The van der Waals surface area contributed by atoms with Crippen LogP contribution in [0.3, 0.4) is 0 Å². The molecule has 0 aliphatic heterocycles. The first-order chi connectivity index (χ1) is 10.3. The number of hydrogen-bond acceptors (Lipinski definition) is 2. The van der Waals surface area contributed by atoms with Crippen molar-refractivity contribution in [1.82, 2.24) is 4.57 Å². The second-order valence-electron chi connectivity index (χ2n) is 4.64. The van der Waals surface area contributed by atoms with E-state index in [9.17, 15) is 4.79 Å². The average Bonchev–Trinajstić information content (AvgIpc) is 2.52. The van der Waals surface area contributed by atoms with Gasteiger partial charge < -0.3 is 0 Å². The van der Waals surface area contributed by atoms with Gasteiger partial charge in [0.1, 0.15) is 0 Å². The maximum absolute atomic E-state index is 12.6. The van der Waals surface area contributed by atoms with Crippen molar-refractivity contribution in [1.29, 1.82) is 5.26 Å². The predicted octanol–water partition coefficient (Wildman–Crippen LogP) is 1.86. The minimum absolute atomic E-state index is 0.0564. The summed E-state index contributed by atoms with van der Waals surface area (Å²) in [6, 6.07) is 19.5. The third kappa shape index (κ3) is 2.75. The Kier molecular flexibility index (Phi) is 3.87. The molecule has 0 bridgehead atoms.